The van der Waals surface area contributed by atoms with Crippen LogP contribution < -0.4 is 5.32 Å². The summed E-state index contributed by atoms with van der Waals surface area (Å²) >= 11 is 0. The Morgan fingerprint density at radius 3 is 2.94 bits per heavy atom. The van der Waals surface area contributed by atoms with Gasteiger partial charge in [0.05, 0.1) is 5.52 Å². The Morgan fingerprint density at radius 2 is 2.17 bits per heavy atom. The molecule has 1 heterocycles. The van der Waals surface area contributed by atoms with Gasteiger partial charge in [0.15, 0.2) is 0 Å². The van der Waals surface area contributed by atoms with Gasteiger partial charge in [-0.2, -0.15) is 0 Å². The average Bonchev–Trinajstić information content (AvgIpc) is 2.43. The van der Waals surface area contributed by atoms with Crippen molar-refractivity contribution in [3.05, 3.63) is 42.1 Å². The molecule has 2 rings (SSSR count). The molecular weight excluding hydrogens is 224 g/mol. The largest absolute Gasteiger partial charge is 0.385 e. The molecule has 0 aliphatic rings. The van der Waals surface area contributed by atoms with Crippen LogP contribution in [-0.4, -0.2) is 25.7 Å². The highest BCUT2D eigenvalue weighted by atomic mass is 16.5. The van der Waals surface area contributed by atoms with Crippen LogP contribution in [0.1, 0.15) is 24.4 Å². The quantitative estimate of drug-likeness (QED) is 0.793. The zero-order valence-corrected chi connectivity index (χ0v) is 11.0. The SMILES string of the molecule is CNC(CCCOC)c1cnc2ccccc2c1. The van der Waals surface area contributed by atoms with Gasteiger partial charge >= 0.3 is 0 Å². The molecule has 0 saturated heterocycles. The molecular formula is C15H20N2O. The van der Waals surface area contributed by atoms with E-state index in [0.717, 1.165) is 25.0 Å². The van der Waals surface area contributed by atoms with Gasteiger partial charge < -0.3 is 10.1 Å². The minimum atomic E-state index is 0.345. The predicted molar refractivity (Wildman–Crippen MR) is 74.7 cm³/mol. The molecule has 0 amide bonds. The molecule has 96 valence electrons. The van der Waals surface area contributed by atoms with Crippen molar-refractivity contribution in [2.75, 3.05) is 20.8 Å². The molecule has 2 aromatic rings. The van der Waals surface area contributed by atoms with Gasteiger partial charge in [0.25, 0.3) is 0 Å². The Morgan fingerprint density at radius 1 is 1.33 bits per heavy atom. The third-order valence-electron chi connectivity index (χ3n) is 3.20. The Kier molecular flexibility index (Phi) is 4.67. The molecule has 0 saturated carbocycles. The molecule has 0 radical (unpaired) electrons. The second-order valence-corrected chi connectivity index (χ2v) is 4.44. The van der Waals surface area contributed by atoms with Crippen LogP contribution in [0.15, 0.2) is 36.5 Å². The van der Waals surface area contributed by atoms with Crippen molar-refractivity contribution in [2.24, 2.45) is 0 Å². The summed E-state index contributed by atoms with van der Waals surface area (Å²) in [5.41, 5.74) is 2.29. The number of rotatable bonds is 6. The van der Waals surface area contributed by atoms with E-state index in [1.54, 1.807) is 7.11 Å². The smallest absolute Gasteiger partial charge is 0.0702 e. The van der Waals surface area contributed by atoms with Crippen LogP contribution >= 0.6 is 0 Å². The first-order valence-corrected chi connectivity index (χ1v) is 6.36. The molecule has 0 fully saturated rings. The molecule has 3 nitrogen and oxygen atoms in total. The van der Waals surface area contributed by atoms with E-state index in [1.165, 1.54) is 10.9 Å². The fraction of sp³-hybridized carbons (Fsp3) is 0.400. The van der Waals surface area contributed by atoms with E-state index in [-0.39, 0.29) is 0 Å². The number of para-hydroxylation sites is 1. The lowest BCUT2D eigenvalue weighted by atomic mass is 10.0. The zero-order chi connectivity index (χ0) is 12.8. The highest BCUT2D eigenvalue weighted by Gasteiger charge is 2.09. The van der Waals surface area contributed by atoms with Crippen LogP contribution in [0.25, 0.3) is 10.9 Å². The van der Waals surface area contributed by atoms with Crippen molar-refractivity contribution in [3.63, 3.8) is 0 Å². The first-order chi connectivity index (χ1) is 8.85. The maximum atomic E-state index is 5.10. The summed E-state index contributed by atoms with van der Waals surface area (Å²) in [6.07, 6.45) is 4.08. The highest BCUT2D eigenvalue weighted by Crippen LogP contribution is 2.21. The van der Waals surface area contributed by atoms with Crippen LogP contribution in [0.3, 0.4) is 0 Å². The third-order valence-corrected chi connectivity index (χ3v) is 3.20. The fourth-order valence-corrected chi connectivity index (χ4v) is 2.19. The molecule has 1 aromatic heterocycles. The van der Waals surface area contributed by atoms with Gasteiger partial charge in [-0.05, 0) is 37.6 Å². The van der Waals surface area contributed by atoms with E-state index in [9.17, 15) is 0 Å². The van der Waals surface area contributed by atoms with Crippen LogP contribution in [0, 0.1) is 0 Å². The van der Waals surface area contributed by atoms with Gasteiger partial charge in [0, 0.05) is 31.3 Å². The molecule has 18 heavy (non-hydrogen) atoms. The van der Waals surface area contributed by atoms with Crippen LogP contribution in [-0.2, 0) is 4.74 Å². The summed E-state index contributed by atoms with van der Waals surface area (Å²) in [7, 11) is 3.73. The molecule has 1 atom stereocenters. The number of aromatic nitrogens is 1. The zero-order valence-electron chi connectivity index (χ0n) is 11.0. The van der Waals surface area contributed by atoms with E-state index in [2.05, 4.69) is 22.4 Å². The summed E-state index contributed by atoms with van der Waals surface area (Å²) in [6, 6.07) is 10.8. The number of hydrogen-bond donors (Lipinski definition) is 1. The van der Waals surface area contributed by atoms with Gasteiger partial charge in [0.2, 0.25) is 0 Å². The second kappa shape index (κ2) is 6.47. The van der Waals surface area contributed by atoms with Gasteiger partial charge in [-0.15, -0.1) is 0 Å². The standard InChI is InChI=1S/C15H20N2O/c1-16-14(8-5-9-18-2)13-10-12-6-3-4-7-15(12)17-11-13/h3-4,6-7,10-11,14,16H,5,8-9H2,1-2H3. The van der Waals surface area contributed by atoms with Crippen molar-refractivity contribution in [1.29, 1.82) is 0 Å². The number of ether oxygens (including phenoxy) is 1. The normalized spacial score (nSPS) is 12.8. The number of fused-ring (bicyclic) bond motifs is 1. The summed E-state index contributed by atoms with van der Waals surface area (Å²) in [5, 5.41) is 4.54. The number of benzene rings is 1. The summed E-state index contributed by atoms with van der Waals surface area (Å²) < 4.78 is 5.10. The second-order valence-electron chi connectivity index (χ2n) is 4.44. The molecule has 0 spiro atoms. The van der Waals surface area contributed by atoms with E-state index in [4.69, 9.17) is 4.74 Å². The predicted octanol–water partition coefficient (Wildman–Crippen LogP) is 2.92. The molecule has 3 heteroatoms. The number of pyridine rings is 1. The highest BCUT2D eigenvalue weighted by molar-refractivity contribution is 5.78. The minimum Gasteiger partial charge on any atom is -0.385 e. The first kappa shape index (κ1) is 13.0. The van der Waals surface area contributed by atoms with Crippen molar-refractivity contribution in [2.45, 2.75) is 18.9 Å². The Hall–Kier alpha value is -1.45. The van der Waals surface area contributed by atoms with E-state index >= 15 is 0 Å². The van der Waals surface area contributed by atoms with Crippen LogP contribution in [0.5, 0.6) is 0 Å². The van der Waals surface area contributed by atoms with Gasteiger partial charge in [-0.1, -0.05) is 18.2 Å². The maximum Gasteiger partial charge on any atom is 0.0702 e. The van der Waals surface area contributed by atoms with Gasteiger partial charge in [-0.25, -0.2) is 0 Å². The van der Waals surface area contributed by atoms with Crippen molar-refractivity contribution in [3.8, 4) is 0 Å². The Bertz CT molecular complexity index is 499. The van der Waals surface area contributed by atoms with Crippen molar-refractivity contribution >= 4 is 10.9 Å². The lowest BCUT2D eigenvalue weighted by Crippen LogP contribution is -2.17. The molecule has 1 N–H and O–H groups in total. The number of nitrogens with zero attached hydrogens (tertiary/aromatic N) is 1. The summed E-state index contributed by atoms with van der Waals surface area (Å²) in [4.78, 5) is 4.51. The van der Waals surface area contributed by atoms with Crippen molar-refractivity contribution < 1.29 is 4.74 Å². The number of nitrogens with one attached hydrogen (secondary N) is 1. The summed E-state index contributed by atoms with van der Waals surface area (Å²) in [6.45, 7) is 0.805. The summed E-state index contributed by atoms with van der Waals surface area (Å²) in [5.74, 6) is 0. The van der Waals surface area contributed by atoms with Crippen LogP contribution in [0.4, 0.5) is 0 Å². The topological polar surface area (TPSA) is 34.1 Å². The Balaban J connectivity index is 2.17. The van der Waals surface area contributed by atoms with E-state index in [0.29, 0.717) is 6.04 Å². The Labute approximate surface area is 108 Å². The van der Waals surface area contributed by atoms with E-state index in [1.807, 2.05) is 31.4 Å². The van der Waals surface area contributed by atoms with Crippen molar-refractivity contribution in [1.82, 2.24) is 10.3 Å². The van der Waals surface area contributed by atoms with E-state index < -0.39 is 0 Å². The molecule has 1 unspecified atom stereocenters. The third kappa shape index (κ3) is 3.06. The maximum absolute atomic E-state index is 5.10. The molecule has 1 aromatic carbocycles. The minimum absolute atomic E-state index is 0.345. The molecule has 0 bridgehead atoms. The number of methoxy groups -OCH3 is 1. The van der Waals surface area contributed by atoms with Crippen LogP contribution in [0.2, 0.25) is 0 Å². The molecule has 0 aliphatic heterocycles. The molecule has 0 aliphatic carbocycles. The average molecular weight is 244 g/mol. The van der Waals surface area contributed by atoms with Gasteiger partial charge in [0.1, 0.15) is 0 Å². The lowest BCUT2D eigenvalue weighted by molar-refractivity contribution is 0.189. The lowest BCUT2D eigenvalue weighted by Gasteiger charge is -2.16. The van der Waals surface area contributed by atoms with Gasteiger partial charge in [-0.3, -0.25) is 4.98 Å². The number of hydrogen-bond acceptors (Lipinski definition) is 3. The monoisotopic (exact) mass is 244 g/mol. The first-order valence-electron chi connectivity index (χ1n) is 6.36. The fourth-order valence-electron chi connectivity index (χ4n) is 2.19.